The molecular formula is C31H34N4O4. The first-order valence-electron chi connectivity index (χ1n) is 13.4. The van der Waals surface area contributed by atoms with E-state index in [4.69, 9.17) is 4.74 Å². The van der Waals surface area contributed by atoms with Crippen LogP contribution in [-0.2, 0) is 16.0 Å². The first-order chi connectivity index (χ1) is 18.9. The van der Waals surface area contributed by atoms with Gasteiger partial charge in [-0.15, -0.1) is 0 Å². The van der Waals surface area contributed by atoms with Gasteiger partial charge in [0.05, 0.1) is 13.8 Å². The summed E-state index contributed by atoms with van der Waals surface area (Å²) < 4.78 is 5.20. The van der Waals surface area contributed by atoms with Gasteiger partial charge in [0.1, 0.15) is 17.8 Å². The highest BCUT2D eigenvalue weighted by molar-refractivity contribution is 6.00. The van der Waals surface area contributed by atoms with Crippen LogP contribution in [0.25, 0.3) is 0 Å². The number of hydrogen-bond donors (Lipinski definition) is 1. The van der Waals surface area contributed by atoms with Crippen LogP contribution in [0.15, 0.2) is 78.9 Å². The molecule has 5 rings (SSSR count). The van der Waals surface area contributed by atoms with Crippen molar-refractivity contribution >= 4 is 29.1 Å². The Hall–Kier alpha value is -4.33. The largest absolute Gasteiger partial charge is 0.497 e. The first-order valence-corrected chi connectivity index (χ1v) is 13.4. The van der Waals surface area contributed by atoms with Crippen molar-refractivity contribution in [1.29, 1.82) is 0 Å². The van der Waals surface area contributed by atoms with Gasteiger partial charge in [0.2, 0.25) is 5.91 Å². The van der Waals surface area contributed by atoms with Crippen LogP contribution in [-0.4, -0.2) is 66.5 Å². The molecule has 0 saturated carbocycles. The van der Waals surface area contributed by atoms with E-state index in [0.29, 0.717) is 49.6 Å². The molecule has 1 N–H and O–H groups in total. The third-order valence-electron chi connectivity index (χ3n) is 7.78. The summed E-state index contributed by atoms with van der Waals surface area (Å²) in [5.74, 6) is 0.333. The quantitative estimate of drug-likeness (QED) is 0.500. The number of anilines is 2. The molecule has 8 nitrogen and oxygen atoms in total. The summed E-state index contributed by atoms with van der Waals surface area (Å²) in [7, 11) is 1.59. The van der Waals surface area contributed by atoms with Gasteiger partial charge in [-0.1, -0.05) is 37.3 Å². The van der Waals surface area contributed by atoms with E-state index < -0.39 is 5.54 Å². The number of para-hydroxylation sites is 1. The fraction of sp³-hybridized carbons (Fsp3) is 0.323. The molecule has 0 radical (unpaired) electrons. The van der Waals surface area contributed by atoms with Crippen molar-refractivity contribution < 1.29 is 19.1 Å². The zero-order valence-corrected chi connectivity index (χ0v) is 22.4. The van der Waals surface area contributed by atoms with Crippen molar-refractivity contribution in [2.45, 2.75) is 31.7 Å². The lowest BCUT2D eigenvalue weighted by atomic mass is 9.85. The zero-order chi connectivity index (χ0) is 27.4. The second-order valence-corrected chi connectivity index (χ2v) is 10.1. The third-order valence-corrected chi connectivity index (χ3v) is 7.78. The zero-order valence-electron chi connectivity index (χ0n) is 22.4. The first kappa shape index (κ1) is 26.3. The average molecular weight is 527 g/mol. The number of ether oxygens (including phenoxy) is 1. The summed E-state index contributed by atoms with van der Waals surface area (Å²) in [6.07, 6.45) is 1.90. The number of nitrogens with zero attached hydrogens (tertiary/aromatic N) is 3. The van der Waals surface area contributed by atoms with Crippen LogP contribution in [0, 0.1) is 0 Å². The van der Waals surface area contributed by atoms with Crippen molar-refractivity contribution in [3.63, 3.8) is 0 Å². The van der Waals surface area contributed by atoms with Crippen molar-refractivity contribution in [2.24, 2.45) is 0 Å². The average Bonchev–Trinajstić information content (AvgIpc) is 3.24. The highest BCUT2D eigenvalue weighted by Crippen LogP contribution is 2.39. The highest BCUT2D eigenvalue weighted by atomic mass is 16.5. The molecule has 3 aromatic rings. The van der Waals surface area contributed by atoms with E-state index >= 15 is 0 Å². The Labute approximate surface area is 229 Å². The minimum atomic E-state index is -0.804. The minimum Gasteiger partial charge on any atom is -0.497 e. The number of carbonyl (C=O) groups is 3. The number of rotatable bonds is 7. The molecule has 3 amide bonds. The Morgan fingerprint density at radius 2 is 1.59 bits per heavy atom. The maximum Gasteiger partial charge on any atom is 0.253 e. The molecule has 0 aliphatic carbocycles. The number of nitrogens with one attached hydrogen (secondary N) is 1. The number of carbonyl (C=O) groups excluding carboxylic acids is 3. The van der Waals surface area contributed by atoms with E-state index in [1.165, 1.54) is 5.56 Å². The lowest BCUT2D eigenvalue weighted by molar-refractivity contribution is -0.136. The molecule has 2 fully saturated rings. The van der Waals surface area contributed by atoms with Crippen molar-refractivity contribution in [3.05, 3.63) is 90.0 Å². The number of piperidine rings is 1. The Balaban J connectivity index is 1.31. The molecule has 0 bridgehead atoms. The second kappa shape index (κ2) is 11.2. The molecule has 8 heteroatoms. The van der Waals surface area contributed by atoms with E-state index in [9.17, 15) is 14.4 Å². The fourth-order valence-corrected chi connectivity index (χ4v) is 5.52. The van der Waals surface area contributed by atoms with Crippen LogP contribution in [0.2, 0.25) is 0 Å². The van der Waals surface area contributed by atoms with Gasteiger partial charge in [-0.05, 0) is 73.4 Å². The molecule has 2 saturated heterocycles. The van der Waals surface area contributed by atoms with Crippen molar-refractivity contribution in [2.75, 3.05) is 43.6 Å². The van der Waals surface area contributed by atoms with Gasteiger partial charge in [-0.3, -0.25) is 14.4 Å². The SMILES string of the molecule is CCc1ccc(NC(=O)CN2CN(c3ccccc3)C3(CCN(C(=O)c4ccc(OC)cc4)CC3)C2=O)cc1. The van der Waals surface area contributed by atoms with Crippen molar-refractivity contribution in [1.82, 2.24) is 9.80 Å². The van der Waals surface area contributed by atoms with Gasteiger partial charge in [0.25, 0.3) is 11.8 Å². The Kier molecular flexibility index (Phi) is 7.54. The van der Waals surface area contributed by atoms with Gasteiger partial charge in [-0.25, -0.2) is 0 Å². The van der Waals surface area contributed by atoms with Gasteiger partial charge in [0, 0.05) is 30.0 Å². The smallest absolute Gasteiger partial charge is 0.253 e. The third kappa shape index (κ3) is 5.32. The predicted molar refractivity (Wildman–Crippen MR) is 151 cm³/mol. The number of likely N-dealkylation sites (tertiary alicyclic amines) is 1. The van der Waals surface area contributed by atoms with Gasteiger partial charge >= 0.3 is 0 Å². The van der Waals surface area contributed by atoms with E-state index in [-0.39, 0.29) is 24.3 Å². The fourth-order valence-electron chi connectivity index (χ4n) is 5.52. The Bertz CT molecular complexity index is 1320. The minimum absolute atomic E-state index is 0.0338. The van der Waals surface area contributed by atoms with Gasteiger partial charge in [0.15, 0.2) is 0 Å². The lowest BCUT2D eigenvalue weighted by Gasteiger charge is -2.43. The Morgan fingerprint density at radius 1 is 0.923 bits per heavy atom. The standard InChI is InChI=1S/C31H34N4O4/c1-3-23-9-13-25(14-10-23)32-28(36)21-34-22-35(26-7-5-4-6-8-26)31(30(34)38)17-19-33(20-18-31)29(37)24-11-15-27(39-2)16-12-24/h4-16H,3,17-22H2,1-2H3,(H,32,36). The second-order valence-electron chi connectivity index (χ2n) is 10.1. The number of aryl methyl sites for hydroxylation is 1. The van der Waals surface area contributed by atoms with Gasteiger partial charge in [-0.2, -0.15) is 0 Å². The molecule has 1 spiro atoms. The summed E-state index contributed by atoms with van der Waals surface area (Å²) in [5, 5.41) is 2.92. The number of amides is 3. The van der Waals surface area contributed by atoms with Crippen LogP contribution >= 0.6 is 0 Å². The molecule has 3 aromatic carbocycles. The predicted octanol–water partition coefficient (Wildman–Crippen LogP) is 4.18. The molecule has 39 heavy (non-hydrogen) atoms. The van der Waals surface area contributed by atoms with Crippen LogP contribution in [0.3, 0.4) is 0 Å². The van der Waals surface area contributed by atoms with E-state index in [2.05, 4.69) is 17.1 Å². The molecule has 2 heterocycles. The summed E-state index contributed by atoms with van der Waals surface area (Å²) >= 11 is 0. The lowest BCUT2D eigenvalue weighted by Crippen LogP contribution is -2.57. The number of methoxy groups -OCH3 is 1. The maximum absolute atomic E-state index is 13.9. The molecule has 2 aliphatic heterocycles. The summed E-state index contributed by atoms with van der Waals surface area (Å²) in [6, 6.07) is 24.6. The molecule has 0 unspecified atom stereocenters. The summed E-state index contributed by atoms with van der Waals surface area (Å²) in [6.45, 7) is 3.26. The molecule has 202 valence electrons. The molecular weight excluding hydrogens is 492 g/mol. The molecule has 2 aliphatic rings. The molecule has 0 aromatic heterocycles. The monoisotopic (exact) mass is 526 g/mol. The van der Waals surface area contributed by atoms with Crippen molar-refractivity contribution in [3.8, 4) is 5.75 Å². The summed E-state index contributed by atoms with van der Waals surface area (Å²) in [5.41, 5.74) is 2.62. The van der Waals surface area contributed by atoms with Gasteiger partial charge < -0.3 is 24.8 Å². The number of hydrogen-bond acceptors (Lipinski definition) is 5. The van der Waals surface area contributed by atoms with E-state index in [1.54, 1.807) is 41.2 Å². The normalized spacial score (nSPS) is 16.5. The maximum atomic E-state index is 13.9. The van der Waals surface area contributed by atoms with Crippen LogP contribution in [0.1, 0.15) is 35.7 Å². The van der Waals surface area contributed by atoms with Crippen LogP contribution < -0.4 is 15.0 Å². The van der Waals surface area contributed by atoms with E-state index in [0.717, 1.165) is 12.1 Å². The summed E-state index contributed by atoms with van der Waals surface area (Å²) in [4.78, 5) is 45.6. The highest BCUT2D eigenvalue weighted by Gasteiger charge is 2.54. The number of benzene rings is 3. The Morgan fingerprint density at radius 3 is 2.21 bits per heavy atom. The van der Waals surface area contributed by atoms with Crippen LogP contribution in [0.5, 0.6) is 5.75 Å². The topological polar surface area (TPSA) is 82.2 Å². The molecule has 0 atom stereocenters. The van der Waals surface area contributed by atoms with Crippen LogP contribution in [0.4, 0.5) is 11.4 Å². The van der Waals surface area contributed by atoms with E-state index in [1.807, 2.05) is 54.6 Å².